The number of aromatic nitrogens is 1. The topological polar surface area (TPSA) is 45.7 Å². The molecule has 142 valence electrons. The van der Waals surface area contributed by atoms with Gasteiger partial charge < -0.3 is 14.5 Å². The summed E-state index contributed by atoms with van der Waals surface area (Å²) in [6, 6.07) is 7.23. The maximum Gasteiger partial charge on any atom is 0.229 e. The van der Waals surface area contributed by atoms with Gasteiger partial charge >= 0.3 is 0 Å². The lowest BCUT2D eigenvalue weighted by molar-refractivity contribution is -0.137. The number of anilines is 1. The molecule has 2 aliphatic heterocycles. The second kappa shape index (κ2) is 7.74. The highest BCUT2D eigenvalue weighted by Gasteiger charge is 2.32. The lowest BCUT2D eigenvalue weighted by Crippen LogP contribution is -2.52. The van der Waals surface area contributed by atoms with Crippen LogP contribution >= 0.6 is 34.8 Å². The molecular weight excluding hydrogens is 409 g/mol. The molecular formula is C19H18Cl3N3O2. The fourth-order valence-electron chi connectivity index (χ4n) is 3.56. The molecule has 4 rings (SSSR count). The van der Waals surface area contributed by atoms with Gasteiger partial charge in [0, 0.05) is 37.4 Å². The highest BCUT2D eigenvalue weighted by molar-refractivity contribution is 6.36. The van der Waals surface area contributed by atoms with E-state index in [0.717, 1.165) is 11.3 Å². The first-order valence-corrected chi connectivity index (χ1v) is 9.90. The summed E-state index contributed by atoms with van der Waals surface area (Å²) in [4.78, 5) is 21.2. The highest BCUT2D eigenvalue weighted by atomic mass is 35.5. The van der Waals surface area contributed by atoms with Gasteiger partial charge in [0.05, 0.1) is 16.0 Å². The summed E-state index contributed by atoms with van der Waals surface area (Å²) < 4.78 is 5.76. The SMILES string of the molecule is O=C(C1COc2ccc(Cl)cc2C1)N1CCN(c2ncc(Cl)cc2Cl)CC1. The Morgan fingerprint density at radius 1 is 1.07 bits per heavy atom. The average Bonchev–Trinajstić information content (AvgIpc) is 2.67. The number of piperazine rings is 1. The Hall–Kier alpha value is -1.69. The smallest absolute Gasteiger partial charge is 0.229 e. The third-order valence-electron chi connectivity index (χ3n) is 4.96. The summed E-state index contributed by atoms with van der Waals surface area (Å²) >= 11 is 18.2. The number of halogens is 3. The van der Waals surface area contributed by atoms with Gasteiger partial charge in [0.1, 0.15) is 18.2 Å². The number of nitrogens with zero attached hydrogens (tertiary/aromatic N) is 3. The van der Waals surface area contributed by atoms with E-state index in [2.05, 4.69) is 9.88 Å². The molecule has 1 fully saturated rings. The maximum absolute atomic E-state index is 12.9. The van der Waals surface area contributed by atoms with Crippen molar-refractivity contribution in [2.75, 3.05) is 37.7 Å². The molecule has 0 radical (unpaired) electrons. The Morgan fingerprint density at radius 3 is 2.59 bits per heavy atom. The van der Waals surface area contributed by atoms with Crippen molar-refractivity contribution in [3.63, 3.8) is 0 Å². The molecule has 1 amide bonds. The molecule has 5 nitrogen and oxygen atoms in total. The first kappa shape index (κ1) is 18.7. The van der Waals surface area contributed by atoms with Crippen molar-refractivity contribution in [3.05, 3.63) is 51.1 Å². The van der Waals surface area contributed by atoms with Crippen LogP contribution in [-0.2, 0) is 11.2 Å². The fourth-order valence-corrected chi connectivity index (χ4v) is 4.25. The first-order valence-electron chi connectivity index (χ1n) is 8.77. The quantitative estimate of drug-likeness (QED) is 0.730. The molecule has 27 heavy (non-hydrogen) atoms. The Labute approximate surface area is 172 Å². The van der Waals surface area contributed by atoms with Crippen molar-refractivity contribution >= 4 is 46.5 Å². The number of carbonyl (C=O) groups is 1. The van der Waals surface area contributed by atoms with Gasteiger partial charge in [0.25, 0.3) is 0 Å². The van der Waals surface area contributed by atoms with Crippen LogP contribution in [0.15, 0.2) is 30.5 Å². The van der Waals surface area contributed by atoms with Crippen molar-refractivity contribution in [2.45, 2.75) is 6.42 Å². The fraction of sp³-hybridized carbons (Fsp3) is 0.368. The zero-order valence-corrected chi connectivity index (χ0v) is 16.8. The van der Waals surface area contributed by atoms with E-state index in [1.807, 2.05) is 17.0 Å². The summed E-state index contributed by atoms with van der Waals surface area (Å²) in [6.45, 7) is 3.00. The van der Waals surface area contributed by atoms with Crippen LogP contribution in [0.25, 0.3) is 0 Å². The molecule has 1 atom stereocenters. The number of carbonyl (C=O) groups excluding carboxylic acids is 1. The van der Waals surface area contributed by atoms with E-state index >= 15 is 0 Å². The summed E-state index contributed by atoms with van der Waals surface area (Å²) in [7, 11) is 0. The van der Waals surface area contributed by atoms with Gasteiger partial charge in [-0.3, -0.25) is 4.79 Å². The standard InChI is InChI=1S/C19H18Cl3N3O2/c20-14-1-2-17-12(8-14)7-13(11-27-17)19(26)25-5-3-24(4-6-25)18-16(22)9-15(21)10-23-18/h1-2,8-10,13H,3-7,11H2. The number of amides is 1. The van der Waals surface area contributed by atoms with Crippen LogP contribution in [0.3, 0.4) is 0 Å². The molecule has 0 saturated carbocycles. The molecule has 1 saturated heterocycles. The summed E-state index contributed by atoms with van der Waals surface area (Å²) in [5, 5.41) is 1.69. The highest BCUT2D eigenvalue weighted by Crippen LogP contribution is 2.31. The molecule has 2 aliphatic rings. The first-order chi connectivity index (χ1) is 13.0. The molecule has 2 aromatic rings. The summed E-state index contributed by atoms with van der Waals surface area (Å²) in [5.74, 6) is 1.46. The summed E-state index contributed by atoms with van der Waals surface area (Å²) in [6.07, 6.45) is 2.24. The predicted molar refractivity (Wildman–Crippen MR) is 107 cm³/mol. The second-order valence-corrected chi connectivity index (χ2v) is 8.02. The van der Waals surface area contributed by atoms with Gasteiger partial charge in [-0.25, -0.2) is 4.98 Å². The van der Waals surface area contributed by atoms with Crippen molar-refractivity contribution in [2.24, 2.45) is 5.92 Å². The number of fused-ring (bicyclic) bond motifs is 1. The summed E-state index contributed by atoms with van der Waals surface area (Å²) in [5.41, 5.74) is 0.989. The Bertz CT molecular complexity index is 869. The Morgan fingerprint density at radius 2 is 1.85 bits per heavy atom. The van der Waals surface area contributed by atoms with Gasteiger partial charge in [0.2, 0.25) is 5.91 Å². The number of pyridine rings is 1. The van der Waals surface area contributed by atoms with E-state index in [9.17, 15) is 4.79 Å². The van der Waals surface area contributed by atoms with E-state index in [-0.39, 0.29) is 11.8 Å². The number of hydrogen-bond acceptors (Lipinski definition) is 4. The predicted octanol–water partition coefficient (Wildman–Crippen LogP) is 3.94. The average molecular weight is 427 g/mol. The Balaban J connectivity index is 1.39. The van der Waals surface area contributed by atoms with Gasteiger partial charge in [-0.15, -0.1) is 0 Å². The Kier molecular flexibility index (Phi) is 5.35. The normalized spacial score (nSPS) is 19.4. The van der Waals surface area contributed by atoms with E-state index in [1.54, 1.807) is 18.3 Å². The minimum absolute atomic E-state index is 0.121. The zero-order chi connectivity index (χ0) is 19.0. The molecule has 3 heterocycles. The minimum atomic E-state index is -0.181. The van der Waals surface area contributed by atoms with Crippen LogP contribution in [-0.4, -0.2) is 48.6 Å². The third kappa shape index (κ3) is 3.96. The molecule has 1 unspecified atom stereocenters. The van der Waals surface area contributed by atoms with Gasteiger partial charge in [0.15, 0.2) is 0 Å². The van der Waals surface area contributed by atoms with Crippen LogP contribution in [0.1, 0.15) is 5.56 Å². The third-order valence-corrected chi connectivity index (χ3v) is 5.68. The van der Waals surface area contributed by atoms with E-state index in [0.29, 0.717) is 60.1 Å². The minimum Gasteiger partial charge on any atom is -0.492 e. The lowest BCUT2D eigenvalue weighted by atomic mass is 9.95. The molecule has 1 aromatic carbocycles. The van der Waals surface area contributed by atoms with Crippen molar-refractivity contribution in [3.8, 4) is 5.75 Å². The van der Waals surface area contributed by atoms with Gasteiger partial charge in [-0.05, 0) is 36.2 Å². The lowest BCUT2D eigenvalue weighted by Gasteiger charge is -2.38. The zero-order valence-electron chi connectivity index (χ0n) is 14.5. The molecule has 0 bridgehead atoms. The largest absolute Gasteiger partial charge is 0.492 e. The van der Waals surface area contributed by atoms with Crippen molar-refractivity contribution in [1.82, 2.24) is 9.88 Å². The second-order valence-electron chi connectivity index (χ2n) is 6.74. The molecule has 1 aromatic heterocycles. The van der Waals surface area contributed by atoms with E-state index in [1.165, 1.54) is 0 Å². The number of rotatable bonds is 2. The molecule has 0 aliphatic carbocycles. The van der Waals surface area contributed by atoms with Crippen LogP contribution in [0.5, 0.6) is 5.75 Å². The van der Waals surface area contributed by atoms with E-state index < -0.39 is 0 Å². The number of benzene rings is 1. The number of ether oxygens (including phenoxy) is 1. The van der Waals surface area contributed by atoms with Crippen molar-refractivity contribution < 1.29 is 9.53 Å². The van der Waals surface area contributed by atoms with Crippen LogP contribution in [0.2, 0.25) is 15.1 Å². The maximum atomic E-state index is 12.9. The van der Waals surface area contributed by atoms with Crippen LogP contribution in [0, 0.1) is 5.92 Å². The van der Waals surface area contributed by atoms with Crippen LogP contribution in [0.4, 0.5) is 5.82 Å². The molecule has 0 N–H and O–H groups in total. The number of hydrogen-bond donors (Lipinski definition) is 0. The molecule has 8 heteroatoms. The van der Waals surface area contributed by atoms with Gasteiger partial charge in [-0.1, -0.05) is 34.8 Å². The van der Waals surface area contributed by atoms with Crippen molar-refractivity contribution in [1.29, 1.82) is 0 Å². The monoisotopic (exact) mass is 425 g/mol. The van der Waals surface area contributed by atoms with Crippen LogP contribution < -0.4 is 9.64 Å². The van der Waals surface area contributed by atoms with Gasteiger partial charge in [-0.2, -0.15) is 0 Å². The molecule has 0 spiro atoms. The van der Waals surface area contributed by atoms with E-state index in [4.69, 9.17) is 39.5 Å².